The first-order valence-electron chi connectivity index (χ1n) is 5.17. The summed E-state index contributed by atoms with van der Waals surface area (Å²) in [7, 11) is 0. The number of anilines is 1. The molecule has 0 saturated carbocycles. The number of hydrogen-bond acceptors (Lipinski definition) is 5. The van der Waals surface area contributed by atoms with E-state index in [9.17, 15) is 14.3 Å². The second-order valence-corrected chi connectivity index (χ2v) is 3.28. The number of carbonyl (C=O) groups is 1. The summed E-state index contributed by atoms with van der Waals surface area (Å²) in [4.78, 5) is 11.3. The summed E-state index contributed by atoms with van der Waals surface area (Å²) in [6, 6.07) is 1.52. The highest BCUT2D eigenvalue weighted by atomic mass is 19.1. The number of aliphatic hydroxyl groups is 1. The van der Waals surface area contributed by atoms with E-state index in [1.165, 1.54) is 6.07 Å². The number of rotatable bonds is 4. The van der Waals surface area contributed by atoms with Gasteiger partial charge in [-0.25, -0.2) is 25.9 Å². The zero-order chi connectivity index (χ0) is 13.7. The molecule has 0 fully saturated rings. The van der Waals surface area contributed by atoms with Crippen molar-refractivity contribution in [1.82, 2.24) is 5.43 Å². The number of hydrazine groups is 2. The third kappa shape index (κ3) is 2.67. The topological polar surface area (TPSA) is 114 Å². The van der Waals surface area contributed by atoms with Crippen LogP contribution in [0.3, 0.4) is 0 Å². The number of aliphatic hydroxyl groups excluding tert-OH is 1. The summed E-state index contributed by atoms with van der Waals surface area (Å²) in [6.45, 7) is 1.52. The molecule has 18 heavy (non-hydrogen) atoms. The summed E-state index contributed by atoms with van der Waals surface area (Å²) < 4.78 is 18.9. The van der Waals surface area contributed by atoms with Crippen LogP contribution in [0, 0.1) is 5.82 Å². The first-order chi connectivity index (χ1) is 8.56. The van der Waals surface area contributed by atoms with Crippen LogP contribution in [0.2, 0.25) is 0 Å². The standard InChI is InChI=1S/C10H15FN4O3/c1-2-18-8-4-3-7(11)9(6(8)5-16)15(13)10(17)14-12/h3-4,16H,2,5,12-13H2,1H3,(H,14,17). The number of amides is 2. The third-order valence-electron chi connectivity index (χ3n) is 2.23. The maximum Gasteiger partial charge on any atom is 0.350 e. The lowest BCUT2D eigenvalue weighted by atomic mass is 10.1. The Bertz CT molecular complexity index is 441. The Balaban J connectivity index is 3.31. The van der Waals surface area contributed by atoms with Gasteiger partial charge in [0, 0.05) is 5.56 Å². The number of benzene rings is 1. The van der Waals surface area contributed by atoms with Crippen LogP contribution in [0.25, 0.3) is 0 Å². The molecule has 0 heterocycles. The molecule has 0 unspecified atom stereocenters. The smallest absolute Gasteiger partial charge is 0.350 e. The minimum atomic E-state index is -0.919. The number of carbonyl (C=O) groups excluding carboxylic acids is 1. The fraction of sp³-hybridized carbons (Fsp3) is 0.300. The van der Waals surface area contributed by atoms with Gasteiger partial charge < -0.3 is 9.84 Å². The molecule has 0 aliphatic carbocycles. The molecule has 0 bridgehead atoms. The fourth-order valence-corrected chi connectivity index (χ4v) is 1.46. The Morgan fingerprint density at radius 1 is 1.61 bits per heavy atom. The van der Waals surface area contributed by atoms with Gasteiger partial charge in [-0.15, -0.1) is 0 Å². The maximum atomic E-state index is 13.7. The van der Waals surface area contributed by atoms with Gasteiger partial charge in [0.1, 0.15) is 17.3 Å². The second-order valence-electron chi connectivity index (χ2n) is 3.28. The summed E-state index contributed by atoms with van der Waals surface area (Å²) in [5.74, 6) is 9.81. The monoisotopic (exact) mass is 258 g/mol. The SMILES string of the molecule is CCOc1ccc(F)c(N(N)C(=O)NN)c1CO. The molecule has 6 N–H and O–H groups in total. The van der Waals surface area contributed by atoms with Crippen LogP contribution in [-0.2, 0) is 6.61 Å². The molecular formula is C10H15FN4O3. The van der Waals surface area contributed by atoms with Crippen molar-refractivity contribution < 1.29 is 19.0 Å². The van der Waals surface area contributed by atoms with E-state index in [1.54, 1.807) is 12.3 Å². The molecule has 0 aliphatic heterocycles. The van der Waals surface area contributed by atoms with E-state index in [2.05, 4.69) is 0 Å². The molecule has 1 aromatic carbocycles. The van der Waals surface area contributed by atoms with E-state index < -0.39 is 18.5 Å². The lowest BCUT2D eigenvalue weighted by Gasteiger charge is -2.21. The Morgan fingerprint density at radius 2 is 2.28 bits per heavy atom. The van der Waals surface area contributed by atoms with E-state index in [-0.39, 0.29) is 17.0 Å². The molecule has 2 amide bonds. The van der Waals surface area contributed by atoms with Gasteiger partial charge in [-0.05, 0) is 19.1 Å². The summed E-state index contributed by atoms with van der Waals surface area (Å²) in [5.41, 5.74) is 1.55. The molecule has 8 heteroatoms. The van der Waals surface area contributed by atoms with Crippen molar-refractivity contribution >= 4 is 11.7 Å². The molecule has 100 valence electrons. The van der Waals surface area contributed by atoms with Gasteiger partial charge in [-0.2, -0.15) is 0 Å². The Kier molecular flexibility index (Phi) is 4.84. The number of hydrogen-bond donors (Lipinski definition) is 4. The molecule has 0 saturated heterocycles. The van der Waals surface area contributed by atoms with Crippen molar-refractivity contribution in [1.29, 1.82) is 0 Å². The average molecular weight is 258 g/mol. The molecule has 0 spiro atoms. The molecule has 1 aromatic rings. The number of ether oxygens (including phenoxy) is 1. The number of nitrogens with two attached hydrogens (primary N) is 2. The van der Waals surface area contributed by atoms with Crippen LogP contribution >= 0.6 is 0 Å². The minimum Gasteiger partial charge on any atom is -0.493 e. The molecule has 7 nitrogen and oxygen atoms in total. The number of halogens is 1. The number of nitrogens with zero attached hydrogens (tertiary/aromatic N) is 1. The predicted molar refractivity (Wildman–Crippen MR) is 62.9 cm³/mol. The van der Waals surface area contributed by atoms with Crippen LogP contribution < -0.4 is 26.9 Å². The quantitative estimate of drug-likeness (QED) is 0.344. The van der Waals surface area contributed by atoms with E-state index in [0.717, 1.165) is 6.07 Å². The summed E-state index contributed by atoms with van der Waals surface area (Å²) >= 11 is 0. The largest absolute Gasteiger partial charge is 0.493 e. The van der Waals surface area contributed by atoms with Crippen molar-refractivity contribution in [2.24, 2.45) is 11.7 Å². The Labute approximate surface area is 103 Å². The lowest BCUT2D eigenvalue weighted by molar-refractivity contribution is 0.245. The van der Waals surface area contributed by atoms with Crippen molar-refractivity contribution in [2.75, 3.05) is 11.6 Å². The van der Waals surface area contributed by atoms with Crippen molar-refractivity contribution in [3.63, 3.8) is 0 Å². The molecule has 0 aliphatic rings. The molecular weight excluding hydrogens is 243 g/mol. The number of nitrogens with one attached hydrogen (secondary N) is 1. The third-order valence-corrected chi connectivity index (χ3v) is 2.23. The average Bonchev–Trinajstić information content (AvgIpc) is 2.38. The zero-order valence-electron chi connectivity index (χ0n) is 9.81. The van der Waals surface area contributed by atoms with E-state index in [0.29, 0.717) is 11.6 Å². The maximum absolute atomic E-state index is 13.7. The predicted octanol–water partition coefficient (Wildman–Crippen LogP) is -0.0199. The molecule has 0 radical (unpaired) electrons. The summed E-state index contributed by atoms with van der Waals surface area (Å²) in [5, 5.41) is 9.74. The second kappa shape index (κ2) is 6.15. The highest BCUT2D eigenvalue weighted by molar-refractivity contribution is 5.91. The van der Waals surface area contributed by atoms with Crippen LogP contribution in [0.1, 0.15) is 12.5 Å². The van der Waals surface area contributed by atoms with Crippen LogP contribution in [-0.4, -0.2) is 17.7 Å². The molecule has 1 rings (SSSR count). The zero-order valence-corrected chi connectivity index (χ0v) is 9.81. The minimum absolute atomic E-state index is 0.0722. The first kappa shape index (κ1) is 14.2. The van der Waals surface area contributed by atoms with Crippen molar-refractivity contribution in [2.45, 2.75) is 13.5 Å². The van der Waals surface area contributed by atoms with Crippen molar-refractivity contribution in [3.05, 3.63) is 23.5 Å². The van der Waals surface area contributed by atoms with Gasteiger partial charge in [0.25, 0.3) is 0 Å². The van der Waals surface area contributed by atoms with Gasteiger partial charge in [0.05, 0.1) is 13.2 Å². The summed E-state index contributed by atoms with van der Waals surface area (Å²) in [6.07, 6.45) is 0. The van der Waals surface area contributed by atoms with E-state index in [4.69, 9.17) is 16.4 Å². The van der Waals surface area contributed by atoms with E-state index >= 15 is 0 Å². The van der Waals surface area contributed by atoms with Gasteiger partial charge in [0.2, 0.25) is 0 Å². The number of urea groups is 1. The van der Waals surface area contributed by atoms with Crippen LogP contribution in [0.15, 0.2) is 12.1 Å². The van der Waals surface area contributed by atoms with Crippen molar-refractivity contribution in [3.8, 4) is 5.75 Å². The normalized spacial score (nSPS) is 10.1. The Hall–Kier alpha value is -1.90. The van der Waals surface area contributed by atoms with Crippen LogP contribution in [0.5, 0.6) is 5.75 Å². The highest BCUT2D eigenvalue weighted by Crippen LogP contribution is 2.31. The van der Waals surface area contributed by atoms with Crippen LogP contribution in [0.4, 0.5) is 14.9 Å². The van der Waals surface area contributed by atoms with Gasteiger partial charge in [0.15, 0.2) is 0 Å². The van der Waals surface area contributed by atoms with Gasteiger partial charge in [-0.3, -0.25) is 5.43 Å². The first-order valence-corrected chi connectivity index (χ1v) is 5.17. The van der Waals surface area contributed by atoms with Gasteiger partial charge in [-0.1, -0.05) is 0 Å². The highest BCUT2D eigenvalue weighted by Gasteiger charge is 2.22. The lowest BCUT2D eigenvalue weighted by Crippen LogP contribution is -2.48. The Morgan fingerprint density at radius 3 is 2.78 bits per heavy atom. The van der Waals surface area contributed by atoms with E-state index in [1.807, 2.05) is 0 Å². The molecule has 0 aromatic heterocycles. The fourth-order valence-electron chi connectivity index (χ4n) is 1.46. The van der Waals surface area contributed by atoms with Gasteiger partial charge >= 0.3 is 6.03 Å². The molecule has 0 atom stereocenters.